The Labute approximate surface area is 120 Å². The van der Waals surface area contributed by atoms with Gasteiger partial charge in [0.25, 0.3) is 0 Å². The number of hydrogen-bond donors (Lipinski definition) is 1. The van der Waals surface area contributed by atoms with Crippen molar-refractivity contribution in [1.29, 1.82) is 0 Å². The van der Waals surface area contributed by atoms with Crippen LogP contribution >= 0.6 is 11.6 Å². The molecule has 1 heterocycles. The summed E-state index contributed by atoms with van der Waals surface area (Å²) in [5.74, 6) is 1.41. The predicted octanol–water partition coefficient (Wildman–Crippen LogP) is 3.80. The standard InChI is InChI=1S/C15H23ClN2O/c1-2-7-17-9-13-8-15(18-10-14(13)16)19-11-12-5-3-4-6-12/h8,10,12,17H,2-7,9,11H2,1H3. The van der Waals surface area contributed by atoms with Crippen LogP contribution in [0.4, 0.5) is 0 Å². The van der Waals surface area contributed by atoms with Crippen molar-refractivity contribution < 1.29 is 4.74 Å². The normalized spacial score (nSPS) is 15.9. The van der Waals surface area contributed by atoms with Crippen LogP contribution in [0.25, 0.3) is 0 Å². The topological polar surface area (TPSA) is 34.1 Å². The van der Waals surface area contributed by atoms with Crippen LogP contribution in [0.2, 0.25) is 5.02 Å². The molecule has 3 nitrogen and oxygen atoms in total. The van der Waals surface area contributed by atoms with Crippen molar-refractivity contribution in [2.45, 2.75) is 45.6 Å². The maximum Gasteiger partial charge on any atom is 0.213 e. The molecule has 19 heavy (non-hydrogen) atoms. The first kappa shape index (κ1) is 14.6. The minimum absolute atomic E-state index is 0.699. The van der Waals surface area contributed by atoms with Gasteiger partial charge in [-0.15, -0.1) is 0 Å². The molecule has 0 radical (unpaired) electrons. The summed E-state index contributed by atoms with van der Waals surface area (Å²) in [6, 6.07) is 1.96. The molecule has 0 bridgehead atoms. The molecule has 4 heteroatoms. The maximum absolute atomic E-state index is 6.14. The van der Waals surface area contributed by atoms with Crippen molar-refractivity contribution in [2.24, 2.45) is 5.92 Å². The molecule has 1 saturated carbocycles. The molecule has 1 aliphatic rings. The Bertz CT molecular complexity index is 392. The first-order valence-electron chi connectivity index (χ1n) is 7.27. The summed E-state index contributed by atoms with van der Waals surface area (Å²) in [5, 5.41) is 4.05. The molecule has 1 aliphatic carbocycles. The van der Waals surface area contributed by atoms with Crippen LogP contribution in [0.5, 0.6) is 5.88 Å². The zero-order valence-electron chi connectivity index (χ0n) is 11.6. The molecule has 1 fully saturated rings. The fourth-order valence-electron chi connectivity index (χ4n) is 2.45. The van der Waals surface area contributed by atoms with Gasteiger partial charge in [-0.3, -0.25) is 0 Å². The molecule has 2 rings (SSSR count). The summed E-state index contributed by atoms with van der Waals surface area (Å²) < 4.78 is 5.79. The zero-order chi connectivity index (χ0) is 13.5. The molecular weight excluding hydrogens is 260 g/mol. The molecule has 0 atom stereocenters. The Hall–Kier alpha value is -0.800. The highest BCUT2D eigenvalue weighted by Crippen LogP contribution is 2.26. The lowest BCUT2D eigenvalue weighted by Gasteiger charge is -2.12. The molecular formula is C15H23ClN2O. The fraction of sp³-hybridized carbons (Fsp3) is 0.667. The van der Waals surface area contributed by atoms with Gasteiger partial charge in [0.05, 0.1) is 11.6 Å². The van der Waals surface area contributed by atoms with Crippen LogP contribution in [0, 0.1) is 5.92 Å². The van der Waals surface area contributed by atoms with E-state index in [0.717, 1.165) is 31.7 Å². The molecule has 0 spiro atoms. The van der Waals surface area contributed by atoms with Crippen LogP contribution in [-0.4, -0.2) is 18.1 Å². The third-order valence-corrected chi connectivity index (χ3v) is 3.93. The van der Waals surface area contributed by atoms with Gasteiger partial charge >= 0.3 is 0 Å². The molecule has 0 unspecified atom stereocenters. The Morgan fingerprint density at radius 3 is 2.95 bits per heavy atom. The molecule has 1 aromatic rings. The highest BCUT2D eigenvalue weighted by Gasteiger charge is 2.16. The minimum Gasteiger partial charge on any atom is -0.477 e. The minimum atomic E-state index is 0.699. The van der Waals surface area contributed by atoms with Gasteiger partial charge in [-0.1, -0.05) is 31.4 Å². The summed E-state index contributed by atoms with van der Waals surface area (Å²) in [6.45, 7) is 4.71. The van der Waals surface area contributed by atoms with Crippen LogP contribution in [0.1, 0.15) is 44.6 Å². The number of ether oxygens (including phenoxy) is 1. The largest absolute Gasteiger partial charge is 0.477 e. The van der Waals surface area contributed by atoms with Crippen LogP contribution < -0.4 is 10.1 Å². The monoisotopic (exact) mass is 282 g/mol. The van der Waals surface area contributed by atoms with Crippen molar-refractivity contribution in [3.63, 3.8) is 0 Å². The van der Waals surface area contributed by atoms with E-state index in [1.165, 1.54) is 25.7 Å². The van der Waals surface area contributed by atoms with Gasteiger partial charge < -0.3 is 10.1 Å². The summed E-state index contributed by atoms with van der Waals surface area (Å²) in [5.41, 5.74) is 1.06. The highest BCUT2D eigenvalue weighted by atomic mass is 35.5. The zero-order valence-corrected chi connectivity index (χ0v) is 12.4. The van der Waals surface area contributed by atoms with Gasteiger partial charge in [0.1, 0.15) is 0 Å². The number of aromatic nitrogens is 1. The molecule has 0 saturated heterocycles. The molecule has 1 aromatic heterocycles. The van der Waals surface area contributed by atoms with Crippen molar-refractivity contribution in [3.05, 3.63) is 22.8 Å². The SMILES string of the molecule is CCCNCc1cc(OCC2CCCC2)ncc1Cl. The second-order valence-corrected chi connectivity index (χ2v) is 5.66. The van der Waals surface area contributed by atoms with Gasteiger partial charge in [0.15, 0.2) is 0 Å². The molecule has 0 aromatic carbocycles. The van der Waals surface area contributed by atoms with E-state index < -0.39 is 0 Å². The average molecular weight is 283 g/mol. The lowest BCUT2D eigenvalue weighted by molar-refractivity contribution is 0.243. The van der Waals surface area contributed by atoms with Crippen LogP contribution in [-0.2, 0) is 6.54 Å². The maximum atomic E-state index is 6.14. The second kappa shape index (κ2) is 7.71. The van der Waals surface area contributed by atoms with E-state index in [-0.39, 0.29) is 0 Å². The number of nitrogens with zero attached hydrogens (tertiary/aromatic N) is 1. The van der Waals surface area contributed by atoms with Gasteiger partial charge in [-0.25, -0.2) is 4.98 Å². The van der Waals surface area contributed by atoms with E-state index in [1.54, 1.807) is 6.20 Å². The number of hydrogen-bond acceptors (Lipinski definition) is 3. The molecule has 1 N–H and O–H groups in total. The van der Waals surface area contributed by atoms with E-state index >= 15 is 0 Å². The quantitative estimate of drug-likeness (QED) is 0.773. The van der Waals surface area contributed by atoms with E-state index in [9.17, 15) is 0 Å². The van der Waals surface area contributed by atoms with E-state index in [4.69, 9.17) is 16.3 Å². The van der Waals surface area contributed by atoms with Gasteiger partial charge in [0, 0.05) is 18.8 Å². The fourth-order valence-corrected chi connectivity index (χ4v) is 2.62. The molecule has 0 amide bonds. The third kappa shape index (κ3) is 4.66. The van der Waals surface area contributed by atoms with Gasteiger partial charge in [0.2, 0.25) is 5.88 Å². The molecule has 0 aliphatic heterocycles. The van der Waals surface area contributed by atoms with Crippen molar-refractivity contribution in [3.8, 4) is 5.88 Å². The Morgan fingerprint density at radius 2 is 2.21 bits per heavy atom. The number of pyridine rings is 1. The smallest absolute Gasteiger partial charge is 0.213 e. The van der Waals surface area contributed by atoms with Crippen molar-refractivity contribution in [1.82, 2.24) is 10.3 Å². The second-order valence-electron chi connectivity index (χ2n) is 5.25. The predicted molar refractivity (Wildman–Crippen MR) is 78.7 cm³/mol. The van der Waals surface area contributed by atoms with Crippen molar-refractivity contribution >= 4 is 11.6 Å². The summed E-state index contributed by atoms with van der Waals surface area (Å²) in [7, 11) is 0. The first-order chi connectivity index (χ1) is 9.29. The lowest BCUT2D eigenvalue weighted by Crippen LogP contribution is -2.14. The van der Waals surface area contributed by atoms with E-state index in [0.29, 0.717) is 16.8 Å². The van der Waals surface area contributed by atoms with Gasteiger partial charge in [-0.2, -0.15) is 0 Å². The summed E-state index contributed by atoms with van der Waals surface area (Å²) in [6.07, 6.45) is 8.07. The molecule has 106 valence electrons. The lowest BCUT2D eigenvalue weighted by atomic mass is 10.1. The Balaban J connectivity index is 1.87. The van der Waals surface area contributed by atoms with E-state index in [2.05, 4.69) is 17.2 Å². The number of rotatable bonds is 7. The number of halogens is 1. The third-order valence-electron chi connectivity index (χ3n) is 3.59. The summed E-state index contributed by atoms with van der Waals surface area (Å²) >= 11 is 6.14. The van der Waals surface area contributed by atoms with Crippen molar-refractivity contribution in [2.75, 3.05) is 13.2 Å². The van der Waals surface area contributed by atoms with Crippen LogP contribution in [0.3, 0.4) is 0 Å². The highest BCUT2D eigenvalue weighted by molar-refractivity contribution is 6.31. The van der Waals surface area contributed by atoms with E-state index in [1.807, 2.05) is 6.07 Å². The Kier molecular flexibility index (Phi) is 5.93. The first-order valence-corrected chi connectivity index (χ1v) is 7.65. The summed E-state index contributed by atoms with van der Waals surface area (Å²) in [4.78, 5) is 4.25. The average Bonchev–Trinajstić information content (AvgIpc) is 2.93. The Morgan fingerprint density at radius 1 is 1.42 bits per heavy atom. The van der Waals surface area contributed by atoms with Gasteiger partial charge in [-0.05, 0) is 37.3 Å². The van der Waals surface area contributed by atoms with Crippen LogP contribution in [0.15, 0.2) is 12.3 Å². The number of nitrogens with one attached hydrogen (secondary N) is 1.